The van der Waals surface area contributed by atoms with Crippen molar-refractivity contribution < 1.29 is 0 Å². The SMILES string of the molecule is N=C(Br)c1cc(Cl)ccc1N. The number of nitrogens with one attached hydrogen (secondary N) is 1. The Labute approximate surface area is 78.0 Å². The van der Waals surface area contributed by atoms with Gasteiger partial charge in [0.15, 0.2) is 0 Å². The van der Waals surface area contributed by atoms with E-state index in [4.69, 9.17) is 22.7 Å². The van der Waals surface area contributed by atoms with Crippen LogP contribution in [0.5, 0.6) is 0 Å². The molecule has 0 unspecified atom stereocenters. The third kappa shape index (κ3) is 1.94. The molecular weight excluding hydrogens is 227 g/mol. The van der Waals surface area contributed by atoms with E-state index in [1.807, 2.05) is 0 Å². The summed E-state index contributed by atoms with van der Waals surface area (Å²) in [5, 5.41) is 7.83. The van der Waals surface area contributed by atoms with E-state index in [9.17, 15) is 0 Å². The van der Waals surface area contributed by atoms with Gasteiger partial charge in [0.1, 0.15) is 4.62 Å². The van der Waals surface area contributed by atoms with E-state index in [-0.39, 0.29) is 4.62 Å². The van der Waals surface area contributed by atoms with Gasteiger partial charge in [0.05, 0.1) is 0 Å². The summed E-state index contributed by atoms with van der Waals surface area (Å²) in [6.45, 7) is 0. The van der Waals surface area contributed by atoms with Crippen LogP contribution in [-0.4, -0.2) is 4.62 Å². The van der Waals surface area contributed by atoms with Gasteiger partial charge in [0.25, 0.3) is 0 Å². The number of nitrogens with two attached hydrogens (primary N) is 1. The minimum absolute atomic E-state index is 0.248. The highest BCUT2D eigenvalue weighted by atomic mass is 79.9. The Morgan fingerprint density at radius 2 is 2.18 bits per heavy atom. The van der Waals surface area contributed by atoms with E-state index in [0.717, 1.165) is 0 Å². The predicted molar refractivity (Wildman–Crippen MR) is 51.6 cm³/mol. The summed E-state index contributed by atoms with van der Waals surface area (Å²) in [6.07, 6.45) is 0. The van der Waals surface area contributed by atoms with Crippen LogP contribution in [0.1, 0.15) is 5.56 Å². The van der Waals surface area contributed by atoms with Crippen LogP contribution in [0.25, 0.3) is 0 Å². The highest BCUT2D eigenvalue weighted by molar-refractivity contribution is 9.18. The number of hydrogen-bond acceptors (Lipinski definition) is 2. The molecule has 0 spiro atoms. The van der Waals surface area contributed by atoms with Crippen molar-refractivity contribution in [3.8, 4) is 0 Å². The van der Waals surface area contributed by atoms with Crippen LogP contribution in [0.3, 0.4) is 0 Å². The van der Waals surface area contributed by atoms with Gasteiger partial charge in [-0.2, -0.15) is 0 Å². The second-order valence-electron chi connectivity index (χ2n) is 2.05. The van der Waals surface area contributed by atoms with Crippen molar-refractivity contribution in [2.24, 2.45) is 0 Å². The average molecular weight is 233 g/mol. The smallest absolute Gasteiger partial charge is 0.106 e. The van der Waals surface area contributed by atoms with Crippen LogP contribution in [0.15, 0.2) is 18.2 Å². The van der Waals surface area contributed by atoms with Crippen molar-refractivity contribution in [1.29, 1.82) is 5.41 Å². The van der Waals surface area contributed by atoms with Crippen molar-refractivity contribution in [1.82, 2.24) is 0 Å². The highest BCUT2D eigenvalue weighted by Crippen LogP contribution is 2.19. The van der Waals surface area contributed by atoms with Crippen LogP contribution in [0.4, 0.5) is 5.69 Å². The number of nitrogen functional groups attached to an aromatic ring is 1. The second kappa shape index (κ2) is 3.24. The van der Waals surface area contributed by atoms with Crippen LogP contribution in [0.2, 0.25) is 5.02 Å². The van der Waals surface area contributed by atoms with Crippen LogP contribution >= 0.6 is 27.5 Å². The van der Waals surface area contributed by atoms with Crippen LogP contribution in [-0.2, 0) is 0 Å². The third-order valence-electron chi connectivity index (χ3n) is 1.25. The molecule has 58 valence electrons. The second-order valence-corrected chi connectivity index (χ2v) is 3.27. The maximum absolute atomic E-state index is 7.25. The number of hydrogen-bond donors (Lipinski definition) is 2. The molecule has 0 amide bonds. The van der Waals surface area contributed by atoms with Crippen molar-refractivity contribution in [3.05, 3.63) is 28.8 Å². The van der Waals surface area contributed by atoms with Gasteiger partial charge < -0.3 is 5.73 Å². The van der Waals surface area contributed by atoms with E-state index >= 15 is 0 Å². The van der Waals surface area contributed by atoms with Crippen molar-refractivity contribution in [2.45, 2.75) is 0 Å². The van der Waals surface area contributed by atoms with E-state index in [0.29, 0.717) is 16.3 Å². The molecule has 2 nitrogen and oxygen atoms in total. The standard InChI is InChI=1S/C7H6BrClN2/c8-7(11)5-3-4(9)1-2-6(5)10/h1-3,11H,10H2. The maximum atomic E-state index is 7.25. The molecule has 1 aromatic rings. The fourth-order valence-corrected chi connectivity index (χ4v) is 1.23. The molecule has 0 fully saturated rings. The molecular formula is C7H6BrClN2. The zero-order valence-electron chi connectivity index (χ0n) is 5.57. The summed E-state index contributed by atoms with van der Waals surface area (Å²) >= 11 is 8.70. The molecule has 0 aliphatic heterocycles. The lowest BCUT2D eigenvalue weighted by molar-refractivity contribution is 1.53. The first-order valence-electron chi connectivity index (χ1n) is 2.90. The average Bonchev–Trinajstić information content (AvgIpc) is 1.94. The Kier molecular flexibility index (Phi) is 2.52. The first-order valence-corrected chi connectivity index (χ1v) is 4.08. The lowest BCUT2D eigenvalue weighted by Crippen LogP contribution is -1.96. The van der Waals surface area contributed by atoms with E-state index in [1.54, 1.807) is 18.2 Å². The van der Waals surface area contributed by atoms with E-state index in [2.05, 4.69) is 15.9 Å². The van der Waals surface area contributed by atoms with Gasteiger partial charge in [-0.3, -0.25) is 5.41 Å². The molecule has 0 saturated carbocycles. The minimum atomic E-state index is 0.248. The molecule has 0 aromatic heterocycles. The first-order chi connectivity index (χ1) is 5.11. The molecule has 4 heteroatoms. The third-order valence-corrected chi connectivity index (χ3v) is 1.91. The number of benzene rings is 1. The fraction of sp³-hybridized carbons (Fsp3) is 0. The number of rotatable bonds is 1. The quantitative estimate of drug-likeness (QED) is 0.568. The van der Waals surface area contributed by atoms with Gasteiger partial charge in [-0.05, 0) is 34.1 Å². The Morgan fingerprint density at radius 1 is 1.55 bits per heavy atom. The summed E-state index contributed by atoms with van der Waals surface area (Å²) in [4.78, 5) is 0. The molecule has 3 N–H and O–H groups in total. The predicted octanol–water partition coefficient (Wildman–Crippen LogP) is 2.64. The molecule has 0 saturated heterocycles. The molecule has 1 aromatic carbocycles. The summed E-state index contributed by atoms with van der Waals surface area (Å²) < 4.78 is 0.248. The van der Waals surface area contributed by atoms with Gasteiger partial charge in [-0.15, -0.1) is 0 Å². The van der Waals surface area contributed by atoms with E-state index in [1.165, 1.54) is 0 Å². The van der Waals surface area contributed by atoms with Crippen LogP contribution < -0.4 is 5.73 Å². The fourth-order valence-electron chi connectivity index (χ4n) is 0.719. The Hall–Kier alpha value is -0.540. The normalized spacial score (nSPS) is 9.64. The zero-order valence-corrected chi connectivity index (χ0v) is 7.91. The monoisotopic (exact) mass is 232 g/mol. The zero-order chi connectivity index (χ0) is 8.43. The summed E-state index contributed by atoms with van der Waals surface area (Å²) in [7, 11) is 0. The lowest BCUT2D eigenvalue weighted by atomic mass is 10.2. The molecule has 0 aliphatic carbocycles. The molecule has 0 bridgehead atoms. The summed E-state index contributed by atoms with van der Waals surface area (Å²) in [6, 6.07) is 5.01. The van der Waals surface area contributed by atoms with Gasteiger partial charge in [0, 0.05) is 16.3 Å². The largest absolute Gasteiger partial charge is 0.398 e. The topological polar surface area (TPSA) is 49.9 Å². The number of anilines is 1. The Balaban J connectivity index is 3.23. The van der Waals surface area contributed by atoms with Gasteiger partial charge >= 0.3 is 0 Å². The summed E-state index contributed by atoms with van der Waals surface area (Å²) in [5.41, 5.74) is 6.74. The maximum Gasteiger partial charge on any atom is 0.106 e. The Morgan fingerprint density at radius 3 is 2.64 bits per heavy atom. The molecule has 1 rings (SSSR count). The van der Waals surface area contributed by atoms with Crippen molar-refractivity contribution in [3.63, 3.8) is 0 Å². The van der Waals surface area contributed by atoms with E-state index < -0.39 is 0 Å². The molecule has 0 radical (unpaired) electrons. The first kappa shape index (κ1) is 8.56. The molecule has 11 heavy (non-hydrogen) atoms. The lowest BCUT2D eigenvalue weighted by Gasteiger charge is -2.01. The van der Waals surface area contributed by atoms with Gasteiger partial charge in [-0.1, -0.05) is 11.6 Å². The van der Waals surface area contributed by atoms with Gasteiger partial charge in [-0.25, -0.2) is 0 Å². The van der Waals surface area contributed by atoms with Crippen molar-refractivity contribution in [2.75, 3.05) is 5.73 Å². The van der Waals surface area contributed by atoms with Gasteiger partial charge in [0.2, 0.25) is 0 Å². The summed E-state index contributed by atoms with van der Waals surface area (Å²) in [5.74, 6) is 0. The highest BCUT2D eigenvalue weighted by Gasteiger charge is 2.02. The van der Waals surface area contributed by atoms with Crippen molar-refractivity contribution >= 4 is 37.8 Å². The number of halogens is 2. The molecule has 0 aliphatic rings. The van der Waals surface area contributed by atoms with Crippen LogP contribution in [0, 0.1) is 5.41 Å². The molecule has 0 heterocycles. The minimum Gasteiger partial charge on any atom is -0.398 e. The Bertz CT molecular complexity index is 298. The molecule has 0 atom stereocenters.